The van der Waals surface area contributed by atoms with E-state index in [1.165, 1.54) is 17.1 Å². The molecule has 24 heteroatoms. The number of halogens is 1. The fourth-order valence-electron chi connectivity index (χ4n) is 5.15. The summed E-state index contributed by atoms with van der Waals surface area (Å²) in [5.74, 6) is -0.276. The van der Waals surface area contributed by atoms with Crippen molar-refractivity contribution in [1.29, 1.82) is 0 Å². The highest BCUT2D eigenvalue weighted by Gasteiger charge is 2.53. The van der Waals surface area contributed by atoms with Crippen LogP contribution >= 0.6 is 27.7 Å². The second-order valence-electron chi connectivity index (χ2n) is 9.84. The van der Waals surface area contributed by atoms with Crippen LogP contribution < -0.4 is 11.3 Å². The number of fused-ring (bicyclic) bond motifs is 2. The lowest BCUT2D eigenvalue weighted by molar-refractivity contribution is -0.0607. The molecule has 4 aromatic heterocycles. The molecule has 21 nitrogen and oxygen atoms in total. The summed E-state index contributed by atoms with van der Waals surface area (Å²) in [4.78, 5) is 50.4. The monoisotopic (exact) mass is 693 g/mol. The molecule has 2 fully saturated rings. The molecule has 2 aliphatic heterocycles. The molecule has 0 aromatic carbocycles. The van der Waals surface area contributed by atoms with Crippen LogP contribution in [0.3, 0.4) is 0 Å². The number of nitrogens with two attached hydrogens (primary N) is 1. The summed E-state index contributed by atoms with van der Waals surface area (Å²) in [6.45, 7) is -1.56. The van der Waals surface area contributed by atoms with E-state index in [-0.39, 0.29) is 27.9 Å². The van der Waals surface area contributed by atoms with Crippen LogP contribution in [0.1, 0.15) is 12.5 Å². The molecule has 0 aliphatic carbocycles. The molecule has 0 amide bonds. The van der Waals surface area contributed by atoms with Gasteiger partial charge in [0.25, 0.3) is 5.56 Å². The van der Waals surface area contributed by atoms with E-state index in [0.717, 1.165) is 10.9 Å². The molecule has 10 atom stereocenters. The van der Waals surface area contributed by atoms with Crippen molar-refractivity contribution in [2.45, 2.75) is 49.1 Å². The second-order valence-corrected chi connectivity index (χ2v) is 12.3. The first kappa shape index (κ1) is 32.0. The number of hydrogen-bond donors (Lipinski definition) is 7. The number of aliphatic hydroxyl groups excluding tert-OH is 3. The lowest BCUT2D eigenvalue weighted by Gasteiger charge is -2.24. The molecule has 8 N–H and O–H groups in total. The predicted octanol–water partition coefficient (Wildman–Crippen LogP) is -1.15. The molecular formula is C21H24ClN8O13P2+. The van der Waals surface area contributed by atoms with Crippen LogP contribution in [-0.4, -0.2) is 109 Å². The smallest absolute Gasteiger partial charge is 0.394 e. The standard InChI is InChI=1S/C21H23ClN8O13P2/c22-15-7-1-2-29(16(7)25-5-24-15)19-12(33)13(42-44(35)36)9(41-19)4-39-45(37,38)43-14-11(32)8(3-31)40-20(14)30-6-26-10-17(30)27-21(23)28-18(10)34/h1-2,5-6,8-9,11-14,19-20,31-33H,3-4H2,(H4-,23,27,28,34,35,36,37,38)/p+1/t8-,9-,11-,12-,13-,14-,19-,20-/m1/s1. The first-order chi connectivity index (χ1) is 21.4. The fourth-order valence-corrected chi connectivity index (χ4v) is 6.74. The number of aliphatic hydroxyl groups is 3. The van der Waals surface area contributed by atoms with Crippen molar-refractivity contribution in [1.82, 2.24) is 34.1 Å². The van der Waals surface area contributed by atoms with Gasteiger partial charge in [0.05, 0.1) is 24.9 Å². The fraction of sp³-hybridized carbons (Fsp3) is 0.476. The molecule has 0 radical (unpaired) electrons. The highest BCUT2D eigenvalue weighted by atomic mass is 35.5. The highest BCUT2D eigenvalue weighted by Crippen LogP contribution is 2.50. The lowest BCUT2D eigenvalue weighted by atomic mass is 10.1. The van der Waals surface area contributed by atoms with E-state index in [2.05, 4.69) is 24.9 Å². The Morgan fingerprint density at radius 3 is 2.60 bits per heavy atom. The lowest BCUT2D eigenvalue weighted by Crippen LogP contribution is -2.36. The van der Waals surface area contributed by atoms with Crippen LogP contribution in [0.25, 0.3) is 22.2 Å². The van der Waals surface area contributed by atoms with Gasteiger partial charge in [-0.25, -0.2) is 19.5 Å². The molecule has 2 aliphatic rings. The van der Waals surface area contributed by atoms with Crippen molar-refractivity contribution in [3.63, 3.8) is 0 Å². The van der Waals surface area contributed by atoms with Gasteiger partial charge in [-0.15, -0.1) is 9.42 Å². The van der Waals surface area contributed by atoms with E-state index in [4.69, 9.17) is 40.4 Å². The van der Waals surface area contributed by atoms with Crippen LogP contribution in [0, 0.1) is 0 Å². The average Bonchev–Trinajstić information content (AvgIpc) is 3.73. The number of phosphoric acid groups is 1. The topological polar surface area (TPSA) is 302 Å². The third-order valence-electron chi connectivity index (χ3n) is 7.13. The van der Waals surface area contributed by atoms with Crippen molar-refractivity contribution >= 4 is 55.8 Å². The molecule has 6 heterocycles. The maximum absolute atomic E-state index is 13.2. The molecule has 4 aromatic rings. The number of aromatic amines is 1. The number of nitrogens with one attached hydrogen (secondary N) is 1. The summed E-state index contributed by atoms with van der Waals surface area (Å²) >= 11 is 6.10. The summed E-state index contributed by atoms with van der Waals surface area (Å²) in [6.07, 6.45) is -8.27. The SMILES string of the molecule is Nc1nc2c(ncn2[C@@H]2O[C@H](CO)[C@@H](O)[C@H]2OP(=O)(O)OC[C@H]2O[C@@H](n3ccc4c(Cl)ncnc43)[C@H](O)[C@@H]2O[P+](=O)O)c(=O)[nH]1. The molecule has 2 unspecified atom stereocenters. The van der Waals surface area contributed by atoms with Gasteiger partial charge in [-0.05, 0) is 6.07 Å². The number of rotatable bonds is 10. The highest BCUT2D eigenvalue weighted by molar-refractivity contribution is 7.47. The quantitative estimate of drug-likeness (QED) is 0.0761. The summed E-state index contributed by atoms with van der Waals surface area (Å²) in [5, 5.41) is 31.9. The Hall–Kier alpha value is -3.01. The first-order valence-electron chi connectivity index (χ1n) is 12.8. The van der Waals surface area contributed by atoms with Crippen LogP contribution in [0.15, 0.2) is 29.7 Å². The number of phosphoric ester groups is 1. The van der Waals surface area contributed by atoms with Gasteiger partial charge >= 0.3 is 16.1 Å². The summed E-state index contributed by atoms with van der Waals surface area (Å²) in [7, 11) is -8.43. The van der Waals surface area contributed by atoms with Gasteiger partial charge in [-0.1, -0.05) is 11.6 Å². The molecule has 0 spiro atoms. The summed E-state index contributed by atoms with van der Waals surface area (Å²) in [6, 6.07) is 1.55. The molecule has 242 valence electrons. The zero-order valence-corrected chi connectivity index (χ0v) is 24.9. The van der Waals surface area contributed by atoms with Crippen molar-refractivity contribution in [2.75, 3.05) is 18.9 Å². The number of anilines is 1. The summed E-state index contributed by atoms with van der Waals surface area (Å²) in [5.41, 5.74) is 4.91. The maximum Gasteiger partial charge on any atom is 0.695 e. The van der Waals surface area contributed by atoms with E-state index >= 15 is 0 Å². The van der Waals surface area contributed by atoms with Gasteiger partial charge in [0.2, 0.25) is 5.95 Å². The third kappa shape index (κ3) is 5.99. The van der Waals surface area contributed by atoms with Crippen molar-refractivity contribution < 1.29 is 57.3 Å². The van der Waals surface area contributed by atoms with E-state index < -0.39 is 83.9 Å². The number of H-pyrrole nitrogens is 1. The van der Waals surface area contributed by atoms with Crippen LogP contribution in [0.5, 0.6) is 0 Å². The number of imidazole rings is 1. The first-order valence-corrected chi connectivity index (χ1v) is 15.8. The molecule has 6 rings (SSSR count). The van der Waals surface area contributed by atoms with Crippen molar-refractivity contribution in [3.05, 3.63) is 40.4 Å². The Kier molecular flexibility index (Phi) is 8.74. The average molecular weight is 694 g/mol. The normalized spacial score (nSPS) is 30.3. The Morgan fingerprint density at radius 2 is 1.87 bits per heavy atom. The van der Waals surface area contributed by atoms with Crippen LogP contribution in [0.4, 0.5) is 5.95 Å². The third-order valence-corrected chi connectivity index (χ3v) is 8.84. The van der Waals surface area contributed by atoms with Gasteiger partial charge in [-0.2, -0.15) is 4.98 Å². The van der Waals surface area contributed by atoms with E-state index in [9.17, 15) is 39.0 Å². The largest absolute Gasteiger partial charge is 0.695 e. The minimum absolute atomic E-state index is 0.115. The van der Waals surface area contributed by atoms with Gasteiger partial charge in [0.1, 0.15) is 47.6 Å². The summed E-state index contributed by atoms with van der Waals surface area (Å²) < 4.78 is 53.9. The van der Waals surface area contributed by atoms with E-state index in [0.29, 0.717) is 5.39 Å². The number of nitrogen functional groups attached to an aromatic ring is 1. The van der Waals surface area contributed by atoms with E-state index in [1.54, 1.807) is 6.07 Å². The number of nitrogens with zero attached hydrogens (tertiary/aromatic N) is 6. The van der Waals surface area contributed by atoms with Gasteiger partial charge in [0, 0.05) is 10.8 Å². The Balaban J connectivity index is 1.22. The molecular weight excluding hydrogens is 670 g/mol. The Labute approximate surface area is 255 Å². The van der Waals surface area contributed by atoms with Gasteiger partial charge in [0.15, 0.2) is 29.7 Å². The van der Waals surface area contributed by atoms with Crippen molar-refractivity contribution in [2.24, 2.45) is 0 Å². The number of hydrogen-bond acceptors (Lipinski definition) is 16. The Morgan fingerprint density at radius 1 is 1.11 bits per heavy atom. The molecule has 2 saturated heterocycles. The van der Waals surface area contributed by atoms with Crippen LogP contribution in [0.2, 0.25) is 5.15 Å². The van der Waals surface area contributed by atoms with Gasteiger partial charge < -0.3 is 40.0 Å². The number of ether oxygens (including phenoxy) is 2. The minimum atomic E-state index is -5.16. The number of aromatic nitrogens is 7. The predicted molar refractivity (Wildman–Crippen MR) is 147 cm³/mol. The van der Waals surface area contributed by atoms with E-state index in [1.807, 2.05) is 0 Å². The molecule has 0 bridgehead atoms. The molecule has 45 heavy (non-hydrogen) atoms. The zero-order valence-electron chi connectivity index (χ0n) is 22.4. The second kappa shape index (κ2) is 12.3. The van der Waals surface area contributed by atoms with Crippen LogP contribution in [-0.2, 0) is 32.2 Å². The Bertz CT molecular complexity index is 1860. The van der Waals surface area contributed by atoms with Gasteiger partial charge in [-0.3, -0.25) is 23.4 Å². The van der Waals surface area contributed by atoms with Crippen molar-refractivity contribution in [3.8, 4) is 0 Å². The maximum atomic E-state index is 13.2. The molecule has 0 saturated carbocycles. The minimum Gasteiger partial charge on any atom is -0.394 e. The zero-order chi connectivity index (χ0) is 32.2.